The molecule has 146 valence electrons. The zero-order valence-electron chi connectivity index (χ0n) is 15.6. The smallest absolute Gasteiger partial charge is 0.293 e. The van der Waals surface area contributed by atoms with Crippen molar-refractivity contribution in [1.29, 1.82) is 0 Å². The van der Waals surface area contributed by atoms with Gasteiger partial charge in [0.25, 0.3) is 11.6 Å². The minimum Gasteiger partial charge on any atom is -0.366 e. The lowest BCUT2D eigenvalue weighted by Crippen LogP contribution is -2.34. The summed E-state index contributed by atoms with van der Waals surface area (Å²) in [4.78, 5) is 33.8. The molecule has 1 aromatic carbocycles. The van der Waals surface area contributed by atoms with Crippen molar-refractivity contribution < 1.29 is 9.72 Å². The van der Waals surface area contributed by atoms with Crippen LogP contribution in [0.1, 0.15) is 34.6 Å². The van der Waals surface area contributed by atoms with Crippen molar-refractivity contribution in [1.82, 2.24) is 15.3 Å². The van der Waals surface area contributed by atoms with Crippen molar-refractivity contribution in [3.8, 4) is 0 Å². The molecule has 0 radical (unpaired) electrons. The van der Waals surface area contributed by atoms with Crippen LogP contribution in [0.5, 0.6) is 0 Å². The van der Waals surface area contributed by atoms with Crippen molar-refractivity contribution in [2.24, 2.45) is 0 Å². The Bertz CT molecular complexity index is 923. The first-order valence-corrected chi connectivity index (χ1v) is 9.22. The van der Waals surface area contributed by atoms with Gasteiger partial charge in [-0.25, -0.2) is 9.97 Å². The summed E-state index contributed by atoms with van der Waals surface area (Å²) in [6.07, 6.45) is 2.00. The van der Waals surface area contributed by atoms with E-state index < -0.39 is 10.8 Å². The molecular formula is C18H20N6O3S. The summed E-state index contributed by atoms with van der Waals surface area (Å²) in [5, 5.41) is 16.7. The van der Waals surface area contributed by atoms with Crippen LogP contribution in [0.4, 0.5) is 17.3 Å². The Morgan fingerprint density at radius 2 is 1.82 bits per heavy atom. The van der Waals surface area contributed by atoms with Crippen LogP contribution < -0.4 is 15.5 Å². The van der Waals surface area contributed by atoms with Gasteiger partial charge in [-0.1, -0.05) is 0 Å². The lowest BCUT2D eigenvalue weighted by Gasteiger charge is -2.18. The van der Waals surface area contributed by atoms with Gasteiger partial charge in [0.05, 0.1) is 4.92 Å². The Morgan fingerprint density at radius 3 is 2.43 bits per heavy atom. The van der Waals surface area contributed by atoms with Crippen molar-refractivity contribution in [2.75, 3.05) is 23.3 Å². The van der Waals surface area contributed by atoms with Crippen molar-refractivity contribution >= 4 is 40.6 Å². The molecule has 1 aliphatic rings. The molecule has 2 N–H and O–H groups in total. The number of hydrogen-bond donors (Lipinski definition) is 2. The number of anilines is 2. The van der Waals surface area contributed by atoms with Gasteiger partial charge in [0.15, 0.2) is 5.11 Å². The van der Waals surface area contributed by atoms with Crippen molar-refractivity contribution in [2.45, 2.75) is 26.7 Å². The molecule has 0 saturated carbocycles. The number of hydrogen-bond acceptors (Lipinski definition) is 7. The second kappa shape index (κ2) is 8.26. The molecule has 3 rings (SSSR count). The first kappa shape index (κ1) is 19.6. The number of nitro benzene ring substituents is 1. The van der Waals surface area contributed by atoms with E-state index in [1.165, 1.54) is 6.07 Å². The fraction of sp³-hybridized carbons (Fsp3) is 0.333. The molecule has 1 aromatic heterocycles. The third kappa shape index (κ3) is 4.58. The molecule has 1 amide bonds. The number of carbonyl (C=O) groups excluding carboxylic acids is 1. The standard InChI is InChI=1S/C18H20N6O3S/c1-11-9-12(2)20-17(19-11)22-18(28)21-16(25)13-5-6-14(15(10-13)24(26)27)23-7-3-4-8-23/h5-6,9-10H,3-4,7-8H2,1-2H3,(H2,19,20,21,22,25,28). The van der Waals surface area contributed by atoms with Gasteiger partial charge in [-0.05, 0) is 57.1 Å². The number of nitrogens with zero attached hydrogens (tertiary/aromatic N) is 4. The predicted octanol–water partition coefficient (Wildman–Crippen LogP) is 2.73. The third-order valence-electron chi connectivity index (χ3n) is 4.32. The quantitative estimate of drug-likeness (QED) is 0.458. The van der Waals surface area contributed by atoms with Crippen LogP contribution >= 0.6 is 12.2 Å². The van der Waals surface area contributed by atoms with Crippen LogP contribution in [0.15, 0.2) is 24.3 Å². The maximum atomic E-state index is 12.5. The lowest BCUT2D eigenvalue weighted by atomic mass is 10.1. The molecule has 0 atom stereocenters. The van der Waals surface area contributed by atoms with Crippen LogP contribution in [0, 0.1) is 24.0 Å². The van der Waals surface area contributed by atoms with E-state index in [2.05, 4.69) is 20.6 Å². The Kier molecular flexibility index (Phi) is 5.78. The maximum absolute atomic E-state index is 12.5. The summed E-state index contributed by atoms with van der Waals surface area (Å²) in [5.41, 5.74) is 2.11. The number of thiocarbonyl (C=S) groups is 1. The minimum absolute atomic E-state index is 0.0151. The first-order valence-electron chi connectivity index (χ1n) is 8.81. The normalized spacial score (nSPS) is 13.3. The van der Waals surface area contributed by atoms with E-state index in [0.29, 0.717) is 5.69 Å². The van der Waals surface area contributed by atoms with Gasteiger partial charge in [0.2, 0.25) is 5.95 Å². The molecule has 0 unspecified atom stereocenters. The molecule has 0 aliphatic carbocycles. The van der Waals surface area contributed by atoms with Gasteiger partial charge < -0.3 is 10.2 Å². The van der Waals surface area contributed by atoms with Gasteiger partial charge in [-0.3, -0.25) is 20.2 Å². The fourth-order valence-corrected chi connectivity index (χ4v) is 3.31. The van der Waals surface area contributed by atoms with E-state index in [1.54, 1.807) is 12.1 Å². The summed E-state index contributed by atoms with van der Waals surface area (Å²) in [6.45, 7) is 5.19. The lowest BCUT2D eigenvalue weighted by molar-refractivity contribution is -0.384. The van der Waals surface area contributed by atoms with Crippen molar-refractivity contribution in [3.63, 3.8) is 0 Å². The highest BCUT2D eigenvalue weighted by molar-refractivity contribution is 7.80. The largest absolute Gasteiger partial charge is 0.366 e. The Morgan fingerprint density at radius 1 is 1.18 bits per heavy atom. The summed E-state index contributed by atoms with van der Waals surface area (Å²) >= 11 is 5.13. The topological polar surface area (TPSA) is 113 Å². The molecule has 28 heavy (non-hydrogen) atoms. The second-order valence-corrected chi connectivity index (χ2v) is 6.95. The molecule has 1 saturated heterocycles. The highest BCUT2D eigenvalue weighted by Gasteiger charge is 2.24. The molecule has 2 aromatic rings. The Hall–Kier alpha value is -3.14. The van der Waals surface area contributed by atoms with Crippen LogP contribution in [-0.2, 0) is 0 Å². The van der Waals surface area contributed by atoms with E-state index in [9.17, 15) is 14.9 Å². The number of aryl methyl sites for hydroxylation is 2. The number of nitrogens with one attached hydrogen (secondary N) is 2. The third-order valence-corrected chi connectivity index (χ3v) is 4.52. The van der Waals surface area contributed by atoms with Gasteiger partial charge in [-0.15, -0.1) is 0 Å². The number of benzene rings is 1. The average Bonchev–Trinajstić information content (AvgIpc) is 3.14. The average molecular weight is 400 g/mol. The van der Waals surface area contributed by atoms with E-state index in [4.69, 9.17) is 12.2 Å². The predicted molar refractivity (Wildman–Crippen MR) is 110 cm³/mol. The first-order chi connectivity index (χ1) is 13.3. The van der Waals surface area contributed by atoms with Gasteiger partial charge in [0.1, 0.15) is 5.69 Å². The second-order valence-electron chi connectivity index (χ2n) is 6.54. The molecular weight excluding hydrogens is 380 g/mol. The monoisotopic (exact) mass is 400 g/mol. The number of carbonyl (C=O) groups is 1. The molecule has 1 fully saturated rings. The molecule has 2 heterocycles. The molecule has 0 spiro atoms. The van der Waals surface area contributed by atoms with E-state index in [-0.39, 0.29) is 22.3 Å². The highest BCUT2D eigenvalue weighted by atomic mass is 32.1. The van der Waals surface area contributed by atoms with Crippen molar-refractivity contribution in [3.05, 3.63) is 51.3 Å². The number of nitro groups is 1. The number of rotatable bonds is 4. The van der Waals surface area contributed by atoms with Gasteiger partial charge in [-0.2, -0.15) is 0 Å². The number of amides is 1. The number of aromatic nitrogens is 2. The van der Waals surface area contributed by atoms with E-state index >= 15 is 0 Å². The molecule has 9 nitrogen and oxygen atoms in total. The summed E-state index contributed by atoms with van der Waals surface area (Å²) in [6, 6.07) is 6.26. The van der Waals surface area contributed by atoms with Gasteiger partial charge in [0, 0.05) is 36.1 Å². The highest BCUT2D eigenvalue weighted by Crippen LogP contribution is 2.31. The fourth-order valence-electron chi connectivity index (χ4n) is 3.13. The van der Waals surface area contributed by atoms with E-state index in [0.717, 1.165) is 37.3 Å². The summed E-state index contributed by atoms with van der Waals surface area (Å²) in [7, 11) is 0. The Balaban J connectivity index is 1.73. The maximum Gasteiger partial charge on any atom is 0.293 e. The van der Waals surface area contributed by atoms with Crippen LogP contribution in [0.25, 0.3) is 0 Å². The summed E-state index contributed by atoms with van der Waals surface area (Å²) in [5.74, 6) is -0.267. The van der Waals surface area contributed by atoms with Crippen LogP contribution in [0.3, 0.4) is 0 Å². The molecule has 0 bridgehead atoms. The zero-order valence-corrected chi connectivity index (χ0v) is 16.4. The zero-order chi connectivity index (χ0) is 20.3. The SMILES string of the molecule is Cc1cc(C)nc(NC(=S)NC(=O)c2ccc(N3CCCC3)c([N+](=O)[O-])c2)n1. The molecule has 1 aliphatic heterocycles. The van der Waals surface area contributed by atoms with E-state index in [1.807, 2.05) is 24.8 Å². The van der Waals surface area contributed by atoms with Crippen LogP contribution in [0.2, 0.25) is 0 Å². The van der Waals surface area contributed by atoms with Crippen LogP contribution in [-0.4, -0.2) is 39.0 Å². The minimum atomic E-state index is -0.544. The van der Waals surface area contributed by atoms with Gasteiger partial charge >= 0.3 is 0 Å². The summed E-state index contributed by atoms with van der Waals surface area (Å²) < 4.78 is 0. The Labute approximate surface area is 167 Å². The molecule has 10 heteroatoms.